The van der Waals surface area contributed by atoms with Gasteiger partial charge in [-0.3, -0.25) is 14.5 Å². The first kappa shape index (κ1) is 12.1. The first-order valence-electron chi connectivity index (χ1n) is 6.17. The highest BCUT2D eigenvalue weighted by atomic mass is 16.4. The molecule has 2 fully saturated rings. The van der Waals surface area contributed by atoms with Crippen LogP contribution in [0.5, 0.6) is 0 Å². The number of amides is 2. The Kier molecular flexibility index (Phi) is 3.17. The summed E-state index contributed by atoms with van der Waals surface area (Å²) < 4.78 is 0. The number of hydrogen-bond donors (Lipinski definition) is 1. The zero-order valence-electron chi connectivity index (χ0n) is 9.78. The number of hydrogen-bond acceptors (Lipinski definition) is 3. The smallest absolute Gasteiger partial charge is 0.330 e. The van der Waals surface area contributed by atoms with Crippen LogP contribution in [0.1, 0.15) is 51.4 Å². The number of rotatable bonds is 2. The zero-order valence-corrected chi connectivity index (χ0v) is 9.78. The third-order valence-corrected chi connectivity index (χ3v) is 3.79. The van der Waals surface area contributed by atoms with Gasteiger partial charge in [0.05, 0.1) is 0 Å². The summed E-state index contributed by atoms with van der Waals surface area (Å²) in [6, 6.07) is 0. The Morgan fingerprint density at radius 1 is 1.00 bits per heavy atom. The fraction of sp³-hybridized carbons (Fsp3) is 0.750. The average Bonchev–Trinajstić information content (AvgIpc) is 2.69. The summed E-state index contributed by atoms with van der Waals surface area (Å²) in [5.74, 6) is -1.65. The molecule has 2 rings (SSSR count). The lowest BCUT2D eigenvalue weighted by atomic mass is 9.94. The summed E-state index contributed by atoms with van der Waals surface area (Å²) >= 11 is 0. The molecular formula is C12H17NO4. The lowest BCUT2D eigenvalue weighted by Crippen LogP contribution is -2.57. The quantitative estimate of drug-likeness (QED) is 0.737. The Balaban J connectivity index is 2.36. The molecule has 2 amide bonds. The minimum absolute atomic E-state index is 0.292. The summed E-state index contributed by atoms with van der Waals surface area (Å²) in [7, 11) is 0. The van der Waals surface area contributed by atoms with Crippen molar-refractivity contribution in [2.45, 2.75) is 56.9 Å². The van der Waals surface area contributed by atoms with E-state index >= 15 is 0 Å². The van der Waals surface area contributed by atoms with Gasteiger partial charge in [0.2, 0.25) is 11.8 Å². The predicted molar refractivity (Wildman–Crippen MR) is 59.2 cm³/mol. The van der Waals surface area contributed by atoms with Gasteiger partial charge in [0, 0.05) is 12.8 Å². The van der Waals surface area contributed by atoms with E-state index in [4.69, 9.17) is 0 Å². The van der Waals surface area contributed by atoms with Gasteiger partial charge in [-0.2, -0.15) is 0 Å². The molecule has 0 atom stereocenters. The molecule has 0 aromatic rings. The van der Waals surface area contributed by atoms with E-state index in [9.17, 15) is 19.5 Å². The monoisotopic (exact) mass is 239 g/mol. The van der Waals surface area contributed by atoms with Crippen LogP contribution >= 0.6 is 0 Å². The second-order valence-electron chi connectivity index (χ2n) is 4.87. The summed E-state index contributed by atoms with van der Waals surface area (Å²) in [6.45, 7) is 0. The van der Waals surface area contributed by atoms with Crippen molar-refractivity contribution in [2.75, 3.05) is 0 Å². The molecule has 0 spiro atoms. The Morgan fingerprint density at radius 3 is 1.88 bits per heavy atom. The molecule has 5 heteroatoms. The highest BCUT2D eigenvalue weighted by molar-refractivity contribution is 6.01. The molecule has 0 aromatic heterocycles. The van der Waals surface area contributed by atoms with Gasteiger partial charge >= 0.3 is 5.97 Å². The lowest BCUT2D eigenvalue weighted by molar-refractivity contribution is -0.165. The van der Waals surface area contributed by atoms with Gasteiger partial charge in [0.15, 0.2) is 0 Å². The summed E-state index contributed by atoms with van der Waals surface area (Å²) in [4.78, 5) is 36.5. The molecule has 1 aliphatic heterocycles. The van der Waals surface area contributed by atoms with Crippen LogP contribution in [0.25, 0.3) is 0 Å². The van der Waals surface area contributed by atoms with Gasteiger partial charge < -0.3 is 5.11 Å². The topological polar surface area (TPSA) is 74.7 Å². The van der Waals surface area contributed by atoms with Gasteiger partial charge in [-0.15, -0.1) is 0 Å². The number of likely N-dealkylation sites (tertiary alicyclic amines) is 1. The number of carboxylic acids is 1. The van der Waals surface area contributed by atoms with Gasteiger partial charge in [0.1, 0.15) is 5.54 Å². The van der Waals surface area contributed by atoms with Gasteiger partial charge in [-0.1, -0.05) is 12.8 Å². The van der Waals surface area contributed by atoms with E-state index in [0.29, 0.717) is 38.5 Å². The van der Waals surface area contributed by atoms with Crippen molar-refractivity contribution in [3.05, 3.63) is 0 Å². The first-order valence-corrected chi connectivity index (χ1v) is 6.17. The number of carbonyl (C=O) groups excluding carboxylic acids is 2. The highest BCUT2D eigenvalue weighted by Gasteiger charge is 2.51. The number of carbonyl (C=O) groups is 3. The Bertz CT molecular complexity index is 340. The molecule has 1 saturated carbocycles. The number of nitrogens with zero attached hydrogens (tertiary/aromatic N) is 1. The minimum Gasteiger partial charge on any atom is -0.479 e. The molecule has 0 unspecified atom stereocenters. The molecule has 0 bridgehead atoms. The van der Waals surface area contributed by atoms with Gasteiger partial charge in [0.25, 0.3) is 0 Å². The molecule has 2 aliphatic rings. The highest BCUT2D eigenvalue weighted by Crippen LogP contribution is 2.37. The van der Waals surface area contributed by atoms with E-state index in [1.165, 1.54) is 0 Å². The second kappa shape index (κ2) is 4.47. The van der Waals surface area contributed by atoms with E-state index in [0.717, 1.165) is 17.7 Å². The largest absolute Gasteiger partial charge is 0.479 e. The summed E-state index contributed by atoms with van der Waals surface area (Å²) in [5, 5.41) is 9.40. The van der Waals surface area contributed by atoms with E-state index in [2.05, 4.69) is 0 Å². The summed E-state index contributed by atoms with van der Waals surface area (Å²) in [6.07, 6.45) is 4.28. The molecule has 0 aromatic carbocycles. The molecule has 94 valence electrons. The molecule has 1 saturated heterocycles. The Labute approximate surface area is 99.8 Å². The van der Waals surface area contributed by atoms with Gasteiger partial charge in [-0.25, -0.2) is 4.79 Å². The van der Waals surface area contributed by atoms with Crippen LogP contribution in [0.15, 0.2) is 0 Å². The Hall–Kier alpha value is -1.39. The van der Waals surface area contributed by atoms with Crippen LogP contribution in [0, 0.1) is 0 Å². The SMILES string of the molecule is O=C1CCCCC(=O)N1C1(C(=O)O)CCCC1. The van der Waals surface area contributed by atoms with Crippen LogP contribution in [0.2, 0.25) is 0 Å². The molecular weight excluding hydrogens is 222 g/mol. The molecule has 5 nitrogen and oxygen atoms in total. The maximum absolute atomic E-state index is 12.0. The van der Waals surface area contributed by atoms with Crippen molar-refractivity contribution in [2.24, 2.45) is 0 Å². The Morgan fingerprint density at radius 2 is 1.47 bits per heavy atom. The van der Waals surface area contributed by atoms with E-state index < -0.39 is 11.5 Å². The normalized spacial score (nSPS) is 24.8. The predicted octanol–water partition coefficient (Wildman–Crippen LogP) is 1.31. The third-order valence-electron chi connectivity index (χ3n) is 3.79. The van der Waals surface area contributed by atoms with Crippen molar-refractivity contribution in [1.29, 1.82) is 0 Å². The van der Waals surface area contributed by atoms with Crippen molar-refractivity contribution >= 4 is 17.8 Å². The average molecular weight is 239 g/mol. The van der Waals surface area contributed by atoms with Crippen molar-refractivity contribution in [3.8, 4) is 0 Å². The van der Waals surface area contributed by atoms with Crippen LogP contribution in [-0.4, -0.2) is 33.3 Å². The molecule has 1 heterocycles. The maximum atomic E-state index is 12.0. The lowest BCUT2D eigenvalue weighted by Gasteiger charge is -2.35. The number of carboxylic acid groups (broad SMARTS) is 1. The number of aliphatic carboxylic acids is 1. The van der Waals surface area contributed by atoms with Crippen molar-refractivity contribution in [3.63, 3.8) is 0 Å². The maximum Gasteiger partial charge on any atom is 0.330 e. The minimum atomic E-state index is -1.25. The fourth-order valence-electron chi connectivity index (χ4n) is 2.89. The van der Waals surface area contributed by atoms with Gasteiger partial charge in [-0.05, 0) is 25.7 Å². The second-order valence-corrected chi connectivity index (χ2v) is 4.87. The number of imide groups is 1. The molecule has 17 heavy (non-hydrogen) atoms. The standard InChI is InChI=1S/C12H17NO4/c14-9-5-1-2-6-10(15)13(9)12(11(16)17)7-3-4-8-12/h1-8H2,(H,16,17). The zero-order chi connectivity index (χ0) is 12.5. The van der Waals surface area contributed by atoms with E-state index in [-0.39, 0.29) is 11.8 Å². The molecule has 0 radical (unpaired) electrons. The van der Waals surface area contributed by atoms with Crippen molar-refractivity contribution < 1.29 is 19.5 Å². The van der Waals surface area contributed by atoms with Crippen LogP contribution < -0.4 is 0 Å². The van der Waals surface area contributed by atoms with Crippen LogP contribution in [0.4, 0.5) is 0 Å². The molecule has 1 N–H and O–H groups in total. The third kappa shape index (κ3) is 1.94. The van der Waals surface area contributed by atoms with E-state index in [1.807, 2.05) is 0 Å². The summed E-state index contributed by atoms with van der Waals surface area (Å²) in [5.41, 5.74) is -1.25. The van der Waals surface area contributed by atoms with E-state index in [1.54, 1.807) is 0 Å². The first-order chi connectivity index (χ1) is 8.08. The fourth-order valence-corrected chi connectivity index (χ4v) is 2.89. The van der Waals surface area contributed by atoms with Crippen molar-refractivity contribution in [1.82, 2.24) is 4.90 Å². The van der Waals surface area contributed by atoms with Crippen LogP contribution in [0.3, 0.4) is 0 Å². The van der Waals surface area contributed by atoms with Crippen LogP contribution in [-0.2, 0) is 14.4 Å². The molecule has 1 aliphatic carbocycles.